The Labute approximate surface area is 82.2 Å². The smallest absolute Gasteiger partial charge is 0.168 e. The van der Waals surface area contributed by atoms with Crippen molar-refractivity contribution in [3.63, 3.8) is 0 Å². The third kappa shape index (κ3) is 2.56. The maximum absolute atomic E-state index is 5.40. The molecule has 1 saturated heterocycles. The number of aromatic nitrogens is 2. The highest BCUT2D eigenvalue weighted by Crippen LogP contribution is 2.16. The van der Waals surface area contributed by atoms with Gasteiger partial charge in [0.2, 0.25) is 0 Å². The molecule has 2 rings (SSSR count). The summed E-state index contributed by atoms with van der Waals surface area (Å²) in [6, 6.07) is 1.76. The molecule has 0 aromatic carbocycles. The number of rotatable bonds is 2. The van der Waals surface area contributed by atoms with E-state index in [-0.39, 0.29) is 6.23 Å². The summed E-state index contributed by atoms with van der Waals surface area (Å²) in [7, 11) is 0. The fourth-order valence-corrected chi connectivity index (χ4v) is 1.29. The van der Waals surface area contributed by atoms with E-state index in [1.165, 1.54) is 0 Å². The molecule has 0 saturated carbocycles. The third-order valence-corrected chi connectivity index (χ3v) is 2.03. The Hall–Kier alpha value is -1.36. The Kier molecular flexibility index (Phi) is 3.13. The lowest BCUT2D eigenvalue weighted by Gasteiger charge is -2.17. The quantitative estimate of drug-likeness (QED) is 0.674. The molecule has 1 aliphatic rings. The summed E-state index contributed by atoms with van der Waals surface area (Å²) in [6.45, 7) is 0.790. The average Bonchev–Trinajstić information content (AvgIpc) is 2.29. The molecule has 0 amide bonds. The van der Waals surface area contributed by atoms with Crippen LogP contribution < -0.4 is 0 Å². The lowest BCUT2D eigenvalue weighted by molar-refractivity contribution is 0.0180. The molecule has 0 spiro atoms. The first kappa shape index (κ1) is 9.21. The van der Waals surface area contributed by atoms with Crippen LogP contribution in [0.1, 0.15) is 19.3 Å². The van der Waals surface area contributed by atoms with E-state index < -0.39 is 0 Å². The second-order valence-corrected chi connectivity index (χ2v) is 3.14. The van der Waals surface area contributed by atoms with Gasteiger partial charge in [-0.3, -0.25) is 0 Å². The Morgan fingerprint density at radius 2 is 2.36 bits per heavy atom. The molecule has 1 atom stereocenters. The first-order valence-electron chi connectivity index (χ1n) is 4.74. The molecule has 14 heavy (non-hydrogen) atoms. The fraction of sp³-hybridized carbons (Fsp3) is 0.556. The van der Waals surface area contributed by atoms with Crippen molar-refractivity contribution >= 4 is 5.69 Å². The zero-order valence-electron chi connectivity index (χ0n) is 7.83. The van der Waals surface area contributed by atoms with E-state index in [1.807, 2.05) is 0 Å². The number of hydrogen-bond donors (Lipinski definition) is 0. The highest BCUT2D eigenvalue weighted by molar-refractivity contribution is 5.29. The van der Waals surface area contributed by atoms with Gasteiger partial charge < -0.3 is 4.74 Å². The number of azo groups is 1. The molecule has 0 bridgehead atoms. The van der Waals surface area contributed by atoms with Crippen molar-refractivity contribution in [2.24, 2.45) is 10.2 Å². The lowest BCUT2D eigenvalue weighted by Crippen LogP contribution is -2.15. The van der Waals surface area contributed by atoms with Crippen molar-refractivity contribution in [3.8, 4) is 0 Å². The van der Waals surface area contributed by atoms with Crippen LogP contribution in [0.3, 0.4) is 0 Å². The van der Waals surface area contributed by atoms with Gasteiger partial charge in [-0.25, -0.2) is 0 Å². The molecule has 0 radical (unpaired) electrons. The van der Waals surface area contributed by atoms with Crippen LogP contribution in [0.4, 0.5) is 5.69 Å². The molecule has 1 unspecified atom stereocenters. The van der Waals surface area contributed by atoms with Crippen LogP contribution in [0.2, 0.25) is 0 Å². The molecule has 2 heterocycles. The molecule has 74 valence electrons. The van der Waals surface area contributed by atoms with Gasteiger partial charge in [0.15, 0.2) is 6.23 Å². The van der Waals surface area contributed by atoms with Gasteiger partial charge in [-0.15, -0.1) is 0 Å². The predicted octanol–water partition coefficient (Wildman–Crippen LogP) is 2.09. The van der Waals surface area contributed by atoms with E-state index in [4.69, 9.17) is 4.74 Å². The van der Waals surface area contributed by atoms with Gasteiger partial charge in [-0.2, -0.15) is 20.4 Å². The van der Waals surface area contributed by atoms with Crippen LogP contribution >= 0.6 is 0 Å². The van der Waals surface area contributed by atoms with E-state index in [0.29, 0.717) is 5.69 Å². The Bertz CT molecular complexity index is 295. The largest absolute Gasteiger partial charge is 0.355 e. The first-order valence-corrected chi connectivity index (χ1v) is 4.74. The van der Waals surface area contributed by atoms with Crippen LogP contribution in [0.5, 0.6) is 0 Å². The van der Waals surface area contributed by atoms with Crippen molar-refractivity contribution in [3.05, 3.63) is 18.5 Å². The van der Waals surface area contributed by atoms with Gasteiger partial charge in [0.25, 0.3) is 0 Å². The Morgan fingerprint density at radius 3 is 3.07 bits per heavy atom. The fourth-order valence-electron chi connectivity index (χ4n) is 1.29. The Morgan fingerprint density at radius 1 is 1.36 bits per heavy atom. The van der Waals surface area contributed by atoms with Crippen molar-refractivity contribution < 1.29 is 4.74 Å². The monoisotopic (exact) mass is 192 g/mol. The Balaban J connectivity index is 1.93. The zero-order chi connectivity index (χ0) is 9.64. The van der Waals surface area contributed by atoms with Gasteiger partial charge in [0.05, 0.1) is 12.4 Å². The highest BCUT2D eigenvalue weighted by Gasteiger charge is 2.11. The van der Waals surface area contributed by atoms with E-state index in [1.54, 1.807) is 18.5 Å². The van der Waals surface area contributed by atoms with Crippen molar-refractivity contribution in [2.45, 2.75) is 25.5 Å². The number of ether oxygens (including phenoxy) is 1. The third-order valence-electron chi connectivity index (χ3n) is 2.03. The lowest BCUT2D eigenvalue weighted by atomic mass is 10.2. The molecule has 1 fully saturated rings. The second-order valence-electron chi connectivity index (χ2n) is 3.14. The minimum absolute atomic E-state index is 0.0723. The molecule has 1 aromatic rings. The minimum atomic E-state index is -0.0723. The van der Waals surface area contributed by atoms with Crippen LogP contribution in [0, 0.1) is 0 Å². The molecule has 5 heteroatoms. The van der Waals surface area contributed by atoms with Crippen LogP contribution in [-0.4, -0.2) is 23.0 Å². The highest BCUT2D eigenvalue weighted by atomic mass is 16.5. The van der Waals surface area contributed by atoms with Crippen molar-refractivity contribution in [2.75, 3.05) is 6.61 Å². The standard InChI is InChI=1S/C9H12N4O/c1-2-6-14-9(3-1)13-12-8-4-5-10-11-7-8/h4-5,7,9H,1-3,6H2. The van der Waals surface area contributed by atoms with Gasteiger partial charge in [0.1, 0.15) is 5.69 Å². The van der Waals surface area contributed by atoms with Crippen LogP contribution in [0.25, 0.3) is 0 Å². The normalized spacial score (nSPS) is 22.7. The molecule has 1 aromatic heterocycles. The van der Waals surface area contributed by atoms with E-state index >= 15 is 0 Å². The van der Waals surface area contributed by atoms with Crippen molar-refractivity contribution in [1.82, 2.24) is 10.2 Å². The first-order chi connectivity index (χ1) is 6.95. The average molecular weight is 192 g/mol. The van der Waals surface area contributed by atoms with Gasteiger partial charge in [0, 0.05) is 6.61 Å². The maximum atomic E-state index is 5.40. The summed E-state index contributed by atoms with van der Waals surface area (Å²) >= 11 is 0. The summed E-state index contributed by atoms with van der Waals surface area (Å²) in [6.07, 6.45) is 6.35. The van der Waals surface area contributed by atoms with Crippen LogP contribution in [-0.2, 0) is 4.74 Å². The molecule has 5 nitrogen and oxygen atoms in total. The topological polar surface area (TPSA) is 59.7 Å². The summed E-state index contributed by atoms with van der Waals surface area (Å²) in [5.74, 6) is 0. The summed E-state index contributed by atoms with van der Waals surface area (Å²) in [5.41, 5.74) is 0.717. The SMILES string of the molecule is c1cc(N=NC2CCCCO2)cnn1. The number of hydrogen-bond acceptors (Lipinski definition) is 5. The molecular weight excluding hydrogens is 180 g/mol. The minimum Gasteiger partial charge on any atom is -0.355 e. The molecule has 0 aliphatic carbocycles. The maximum Gasteiger partial charge on any atom is 0.168 e. The van der Waals surface area contributed by atoms with E-state index in [2.05, 4.69) is 20.4 Å². The van der Waals surface area contributed by atoms with Crippen LogP contribution in [0.15, 0.2) is 28.7 Å². The molecule has 0 N–H and O–H groups in total. The molecule has 1 aliphatic heterocycles. The number of nitrogens with zero attached hydrogens (tertiary/aromatic N) is 4. The van der Waals surface area contributed by atoms with E-state index in [0.717, 1.165) is 25.9 Å². The molecular formula is C9H12N4O. The van der Waals surface area contributed by atoms with Gasteiger partial charge in [-0.05, 0) is 25.3 Å². The van der Waals surface area contributed by atoms with Gasteiger partial charge >= 0.3 is 0 Å². The second kappa shape index (κ2) is 4.76. The van der Waals surface area contributed by atoms with Gasteiger partial charge in [-0.1, -0.05) is 0 Å². The summed E-state index contributed by atoms with van der Waals surface area (Å²) in [4.78, 5) is 0. The van der Waals surface area contributed by atoms with Crippen molar-refractivity contribution in [1.29, 1.82) is 0 Å². The summed E-state index contributed by atoms with van der Waals surface area (Å²) < 4.78 is 5.40. The van der Waals surface area contributed by atoms with E-state index in [9.17, 15) is 0 Å². The summed E-state index contributed by atoms with van der Waals surface area (Å²) in [5, 5.41) is 15.5. The predicted molar refractivity (Wildman–Crippen MR) is 50.1 cm³/mol. The zero-order valence-corrected chi connectivity index (χ0v) is 7.83.